The fraction of sp³-hybridized carbons (Fsp3) is 0.571. The molecule has 1 aromatic rings. The van der Waals surface area contributed by atoms with Gasteiger partial charge in [0.25, 0.3) is 5.91 Å². The Morgan fingerprint density at radius 2 is 2.00 bits per heavy atom. The Balaban J connectivity index is 2.00. The summed E-state index contributed by atoms with van der Waals surface area (Å²) in [4.78, 5) is 16.0. The second-order valence-corrected chi connectivity index (χ2v) is 6.12. The lowest BCUT2D eigenvalue weighted by Gasteiger charge is -2.35. The van der Waals surface area contributed by atoms with E-state index in [2.05, 4.69) is 10.3 Å². The molecule has 4 nitrogen and oxygen atoms in total. The van der Waals surface area contributed by atoms with Crippen molar-refractivity contribution < 1.29 is 9.90 Å². The number of hydrogen-bond acceptors (Lipinski definition) is 3. The summed E-state index contributed by atoms with van der Waals surface area (Å²) in [5.74, 6) is -0.280. The molecule has 0 saturated heterocycles. The van der Waals surface area contributed by atoms with E-state index in [1.807, 2.05) is 0 Å². The first-order valence-electron chi connectivity index (χ1n) is 6.77. The number of aromatic nitrogens is 1. The molecule has 1 heterocycles. The predicted octanol–water partition coefficient (Wildman–Crippen LogP) is 3.06. The van der Waals surface area contributed by atoms with Gasteiger partial charge in [-0.2, -0.15) is 0 Å². The van der Waals surface area contributed by atoms with E-state index in [0.29, 0.717) is 12.1 Å². The zero-order chi connectivity index (χ0) is 14.6. The molecule has 0 aromatic carbocycles. The van der Waals surface area contributed by atoms with Gasteiger partial charge in [0.05, 0.1) is 12.2 Å². The molecule has 1 aliphatic carbocycles. The van der Waals surface area contributed by atoms with Crippen LogP contribution >= 0.6 is 23.2 Å². The van der Waals surface area contributed by atoms with E-state index in [-0.39, 0.29) is 28.2 Å². The summed E-state index contributed by atoms with van der Waals surface area (Å²) in [7, 11) is 0. The molecule has 0 radical (unpaired) electrons. The van der Waals surface area contributed by atoms with Crippen molar-refractivity contribution in [1.82, 2.24) is 10.3 Å². The highest BCUT2D eigenvalue weighted by Gasteiger charge is 2.32. The third-order valence-corrected chi connectivity index (χ3v) is 4.43. The van der Waals surface area contributed by atoms with E-state index in [0.717, 1.165) is 25.7 Å². The minimum absolute atomic E-state index is 0.0942. The van der Waals surface area contributed by atoms with Gasteiger partial charge in [-0.1, -0.05) is 42.5 Å². The molecule has 0 aliphatic heterocycles. The molecule has 0 bridgehead atoms. The maximum atomic E-state index is 12.1. The van der Waals surface area contributed by atoms with Gasteiger partial charge in [-0.15, -0.1) is 0 Å². The van der Waals surface area contributed by atoms with Crippen molar-refractivity contribution in [3.8, 4) is 0 Å². The van der Waals surface area contributed by atoms with Gasteiger partial charge in [0.1, 0.15) is 10.3 Å². The molecule has 2 N–H and O–H groups in total. The standard InChI is InChI=1S/C14H18Cl2N2O2/c15-11-5-4-10(12(16)18-11)13(20)17-8-14(9-19)6-2-1-3-7-14/h4-5,19H,1-3,6-9H2,(H,17,20). The number of carbonyl (C=O) groups is 1. The zero-order valence-electron chi connectivity index (χ0n) is 11.2. The SMILES string of the molecule is O=C(NCC1(CO)CCCCC1)c1ccc(Cl)nc1Cl. The summed E-state index contributed by atoms with van der Waals surface area (Å²) < 4.78 is 0. The van der Waals surface area contributed by atoms with E-state index in [1.165, 1.54) is 12.5 Å². The summed E-state index contributed by atoms with van der Waals surface area (Å²) in [6.45, 7) is 0.557. The summed E-state index contributed by atoms with van der Waals surface area (Å²) in [5, 5.41) is 12.8. The number of pyridine rings is 1. The topological polar surface area (TPSA) is 62.2 Å². The van der Waals surface area contributed by atoms with Crippen molar-refractivity contribution in [3.05, 3.63) is 28.0 Å². The van der Waals surface area contributed by atoms with Crippen LogP contribution in [-0.2, 0) is 0 Å². The van der Waals surface area contributed by atoms with Crippen LogP contribution < -0.4 is 5.32 Å². The molecule has 1 fully saturated rings. The smallest absolute Gasteiger partial charge is 0.254 e. The molecule has 1 saturated carbocycles. The van der Waals surface area contributed by atoms with E-state index in [4.69, 9.17) is 23.2 Å². The average Bonchev–Trinajstić information content (AvgIpc) is 2.46. The van der Waals surface area contributed by atoms with Crippen LogP contribution in [0.25, 0.3) is 0 Å². The van der Waals surface area contributed by atoms with Crippen molar-refractivity contribution in [3.63, 3.8) is 0 Å². The Bertz CT molecular complexity index is 488. The van der Waals surface area contributed by atoms with Gasteiger partial charge in [0.2, 0.25) is 0 Å². The highest BCUT2D eigenvalue weighted by atomic mass is 35.5. The normalized spacial score (nSPS) is 17.8. The number of hydrogen-bond donors (Lipinski definition) is 2. The molecule has 20 heavy (non-hydrogen) atoms. The lowest BCUT2D eigenvalue weighted by Crippen LogP contribution is -2.41. The maximum absolute atomic E-state index is 12.1. The first-order valence-corrected chi connectivity index (χ1v) is 7.53. The Hall–Kier alpha value is -0.840. The fourth-order valence-electron chi connectivity index (χ4n) is 2.64. The lowest BCUT2D eigenvalue weighted by molar-refractivity contribution is 0.0718. The third-order valence-electron chi connectivity index (χ3n) is 3.93. The van der Waals surface area contributed by atoms with E-state index in [1.54, 1.807) is 6.07 Å². The molecule has 1 aromatic heterocycles. The number of aliphatic hydroxyl groups is 1. The van der Waals surface area contributed by atoms with Crippen LogP contribution in [0.2, 0.25) is 10.3 Å². The van der Waals surface area contributed by atoms with Crippen molar-refractivity contribution >= 4 is 29.1 Å². The Morgan fingerprint density at radius 3 is 2.60 bits per heavy atom. The molecule has 2 rings (SSSR count). The van der Waals surface area contributed by atoms with Gasteiger partial charge in [-0.25, -0.2) is 4.98 Å². The molecule has 110 valence electrons. The Morgan fingerprint density at radius 1 is 1.30 bits per heavy atom. The first kappa shape index (κ1) is 15.5. The molecule has 0 spiro atoms. The third kappa shape index (κ3) is 3.62. The van der Waals surface area contributed by atoms with Gasteiger partial charge in [-0.05, 0) is 25.0 Å². The predicted molar refractivity (Wildman–Crippen MR) is 79.2 cm³/mol. The van der Waals surface area contributed by atoms with Crippen LogP contribution in [0.5, 0.6) is 0 Å². The van der Waals surface area contributed by atoms with Gasteiger partial charge in [-0.3, -0.25) is 4.79 Å². The van der Waals surface area contributed by atoms with Crippen LogP contribution in [0.3, 0.4) is 0 Å². The van der Waals surface area contributed by atoms with Gasteiger partial charge >= 0.3 is 0 Å². The molecule has 6 heteroatoms. The molecule has 1 amide bonds. The van der Waals surface area contributed by atoms with Crippen molar-refractivity contribution in [1.29, 1.82) is 0 Å². The van der Waals surface area contributed by atoms with Crippen LogP contribution in [0, 0.1) is 5.41 Å². The van der Waals surface area contributed by atoms with Crippen LogP contribution in [0.1, 0.15) is 42.5 Å². The fourth-order valence-corrected chi connectivity index (χ4v) is 3.07. The lowest BCUT2D eigenvalue weighted by atomic mass is 9.74. The maximum Gasteiger partial charge on any atom is 0.254 e. The number of nitrogens with one attached hydrogen (secondary N) is 1. The minimum Gasteiger partial charge on any atom is -0.396 e. The largest absolute Gasteiger partial charge is 0.396 e. The average molecular weight is 317 g/mol. The van der Waals surface area contributed by atoms with Crippen LogP contribution in [0.15, 0.2) is 12.1 Å². The number of carbonyl (C=O) groups excluding carboxylic acids is 1. The molecular formula is C14H18Cl2N2O2. The highest BCUT2D eigenvalue weighted by molar-refractivity contribution is 6.34. The summed E-state index contributed by atoms with van der Waals surface area (Å²) >= 11 is 11.6. The summed E-state index contributed by atoms with van der Waals surface area (Å²) in [6, 6.07) is 3.09. The highest BCUT2D eigenvalue weighted by Crippen LogP contribution is 2.35. The zero-order valence-corrected chi connectivity index (χ0v) is 12.7. The van der Waals surface area contributed by atoms with Gasteiger partial charge < -0.3 is 10.4 Å². The number of amides is 1. The monoisotopic (exact) mass is 316 g/mol. The number of rotatable bonds is 4. The second-order valence-electron chi connectivity index (χ2n) is 5.37. The van der Waals surface area contributed by atoms with Crippen LogP contribution in [0.4, 0.5) is 0 Å². The van der Waals surface area contributed by atoms with E-state index < -0.39 is 0 Å². The number of aliphatic hydroxyl groups excluding tert-OH is 1. The van der Waals surface area contributed by atoms with Crippen molar-refractivity contribution in [2.24, 2.45) is 5.41 Å². The first-order chi connectivity index (χ1) is 9.56. The number of nitrogens with zero attached hydrogens (tertiary/aromatic N) is 1. The second kappa shape index (κ2) is 6.74. The quantitative estimate of drug-likeness (QED) is 0.839. The van der Waals surface area contributed by atoms with E-state index >= 15 is 0 Å². The molecular weight excluding hydrogens is 299 g/mol. The molecule has 1 aliphatic rings. The molecule has 0 atom stereocenters. The summed E-state index contributed by atoms with van der Waals surface area (Å²) in [5.41, 5.74) is 0.111. The Kier molecular flexibility index (Phi) is 5.24. The minimum atomic E-state index is -0.280. The van der Waals surface area contributed by atoms with E-state index in [9.17, 15) is 9.90 Å². The van der Waals surface area contributed by atoms with Gasteiger partial charge in [0, 0.05) is 12.0 Å². The number of halogens is 2. The van der Waals surface area contributed by atoms with Crippen molar-refractivity contribution in [2.45, 2.75) is 32.1 Å². The molecule has 0 unspecified atom stereocenters. The van der Waals surface area contributed by atoms with Crippen molar-refractivity contribution in [2.75, 3.05) is 13.2 Å². The van der Waals surface area contributed by atoms with Crippen LogP contribution in [-0.4, -0.2) is 29.1 Å². The summed E-state index contributed by atoms with van der Waals surface area (Å²) in [6.07, 6.45) is 5.27. The Labute approximate surface area is 128 Å². The van der Waals surface area contributed by atoms with Gasteiger partial charge in [0.15, 0.2) is 0 Å².